The SMILES string of the molecule is O=C(O)c1ccc(Cl)cc1OCC1CCC1. The maximum absolute atomic E-state index is 10.9. The van der Waals surface area contributed by atoms with Crippen LogP contribution in [-0.4, -0.2) is 17.7 Å². The van der Waals surface area contributed by atoms with Crippen molar-refractivity contribution in [2.75, 3.05) is 6.61 Å². The molecule has 1 fully saturated rings. The predicted octanol–water partition coefficient (Wildman–Crippen LogP) is 3.22. The van der Waals surface area contributed by atoms with Crippen LogP contribution in [0.4, 0.5) is 0 Å². The highest BCUT2D eigenvalue weighted by Crippen LogP contribution is 2.29. The van der Waals surface area contributed by atoms with Crippen molar-refractivity contribution in [3.05, 3.63) is 28.8 Å². The number of benzene rings is 1. The van der Waals surface area contributed by atoms with E-state index >= 15 is 0 Å². The van der Waals surface area contributed by atoms with E-state index in [0.717, 1.165) is 0 Å². The summed E-state index contributed by atoms with van der Waals surface area (Å²) in [7, 11) is 0. The van der Waals surface area contributed by atoms with Crippen molar-refractivity contribution in [2.24, 2.45) is 5.92 Å². The maximum Gasteiger partial charge on any atom is 0.339 e. The lowest BCUT2D eigenvalue weighted by molar-refractivity contribution is 0.0690. The minimum absolute atomic E-state index is 0.170. The minimum Gasteiger partial charge on any atom is -0.492 e. The van der Waals surface area contributed by atoms with E-state index in [0.29, 0.717) is 23.3 Å². The van der Waals surface area contributed by atoms with Gasteiger partial charge in [0.1, 0.15) is 11.3 Å². The van der Waals surface area contributed by atoms with E-state index in [-0.39, 0.29) is 5.56 Å². The van der Waals surface area contributed by atoms with E-state index < -0.39 is 5.97 Å². The zero-order valence-corrected chi connectivity index (χ0v) is 9.54. The van der Waals surface area contributed by atoms with Crippen molar-refractivity contribution in [1.29, 1.82) is 0 Å². The molecule has 16 heavy (non-hydrogen) atoms. The maximum atomic E-state index is 10.9. The van der Waals surface area contributed by atoms with Gasteiger partial charge in [-0.3, -0.25) is 0 Å². The summed E-state index contributed by atoms with van der Waals surface area (Å²) in [6.45, 7) is 0.584. The number of carbonyl (C=O) groups is 1. The van der Waals surface area contributed by atoms with Gasteiger partial charge in [-0.15, -0.1) is 0 Å². The molecule has 0 amide bonds. The largest absolute Gasteiger partial charge is 0.492 e. The van der Waals surface area contributed by atoms with Gasteiger partial charge < -0.3 is 9.84 Å². The second kappa shape index (κ2) is 4.74. The van der Waals surface area contributed by atoms with Crippen LogP contribution < -0.4 is 4.74 Å². The highest BCUT2D eigenvalue weighted by Gasteiger charge is 2.19. The summed E-state index contributed by atoms with van der Waals surface area (Å²) in [6.07, 6.45) is 3.58. The number of hydrogen-bond acceptors (Lipinski definition) is 2. The summed E-state index contributed by atoms with van der Waals surface area (Å²) in [4.78, 5) is 10.9. The molecule has 1 aliphatic carbocycles. The summed E-state index contributed by atoms with van der Waals surface area (Å²) < 4.78 is 5.52. The van der Waals surface area contributed by atoms with Crippen molar-refractivity contribution >= 4 is 17.6 Å². The molecule has 0 spiro atoms. The average molecular weight is 241 g/mol. The van der Waals surface area contributed by atoms with Crippen LogP contribution in [-0.2, 0) is 0 Å². The van der Waals surface area contributed by atoms with E-state index in [2.05, 4.69) is 0 Å². The Bertz CT molecular complexity index is 399. The van der Waals surface area contributed by atoms with Crippen LogP contribution in [0.5, 0.6) is 5.75 Å². The lowest BCUT2D eigenvalue weighted by Crippen LogP contribution is -2.20. The first-order valence-corrected chi connectivity index (χ1v) is 5.70. The molecule has 0 aliphatic heterocycles. The number of rotatable bonds is 4. The molecule has 0 heterocycles. The third-order valence-electron chi connectivity index (χ3n) is 2.87. The zero-order chi connectivity index (χ0) is 11.5. The number of halogens is 1. The van der Waals surface area contributed by atoms with Gasteiger partial charge in [-0.05, 0) is 37.0 Å². The topological polar surface area (TPSA) is 46.5 Å². The van der Waals surface area contributed by atoms with Crippen LogP contribution in [0.15, 0.2) is 18.2 Å². The molecular weight excluding hydrogens is 228 g/mol. The van der Waals surface area contributed by atoms with Crippen LogP contribution in [0.25, 0.3) is 0 Å². The van der Waals surface area contributed by atoms with Crippen molar-refractivity contribution in [3.8, 4) is 5.75 Å². The molecule has 0 atom stereocenters. The van der Waals surface area contributed by atoms with Gasteiger partial charge in [0.05, 0.1) is 6.61 Å². The fourth-order valence-electron chi connectivity index (χ4n) is 1.66. The van der Waals surface area contributed by atoms with Gasteiger partial charge in [-0.2, -0.15) is 0 Å². The average Bonchev–Trinajstić information content (AvgIpc) is 2.14. The Morgan fingerprint density at radius 1 is 1.50 bits per heavy atom. The summed E-state index contributed by atoms with van der Waals surface area (Å²) in [5, 5.41) is 9.46. The van der Waals surface area contributed by atoms with E-state index in [1.165, 1.54) is 25.3 Å². The predicted molar refractivity (Wildman–Crippen MR) is 61.2 cm³/mol. The number of aromatic carboxylic acids is 1. The molecule has 1 saturated carbocycles. The first-order valence-electron chi connectivity index (χ1n) is 5.32. The van der Waals surface area contributed by atoms with E-state index in [1.807, 2.05) is 0 Å². The third-order valence-corrected chi connectivity index (χ3v) is 3.11. The Kier molecular flexibility index (Phi) is 3.34. The molecule has 86 valence electrons. The van der Waals surface area contributed by atoms with Gasteiger partial charge in [-0.25, -0.2) is 4.79 Å². The lowest BCUT2D eigenvalue weighted by Gasteiger charge is -2.25. The lowest BCUT2D eigenvalue weighted by atomic mass is 9.86. The molecule has 1 aromatic carbocycles. The van der Waals surface area contributed by atoms with Crippen LogP contribution in [0.2, 0.25) is 5.02 Å². The zero-order valence-electron chi connectivity index (χ0n) is 8.78. The third kappa shape index (κ3) is 2.47. The fraction of sp³-hybridized carbons (Fsp3) is 0.417. The monoisotopic (exact) mass is 240 g/mol. The molecule has 0 unspecified atom stereocenters. The minimum atomic E-state index is -0.986. The molecule has 1 N–H and O–H groups in total. The van der Waals surface area contributed by atoms with Crippen molar-refractivity contribution in [3.63, 3.8) is 0 Å². The van der Waals surface area contributed by atoms with Crippen molar-refractivity contribution < 1.29 is 14.6 Å². The molecule has 4 heteroatoms. The molecule has 3 nitrogen and oxygen atoms in total. The molecule has 0 bridgehead atoms. The van der Waals surface area contributed by atoms with E-state index in [1.54, 1.807) is 12.1 Å². The Balaban J connectivity index is 2.09. The van der Waals surface area contributed by atoms with Gasteiger partial charge in [0, 0.05) is 5.02 Å². The first-order chi connectivity index (χ1) is 7.66. The van der Waals surface area contributed by atoms with Gasteiger partial charge in [0.25, 0.3) is 0 Å². The Hall–Kier alpha value is -1.22. The number of carboxylic acid groups (broad SMARTS) is 1. The molecule has 0 radical (unpaired) electrons. The van der Waals surface area contributed by atoms with Crippen molar-refractivity contribution in [1.82, 2.24) is 0 Å². The van der Waals surface area contributed by atoms with Crippen molar-refractivity contribution in [2.45, 2.75) is 19.3 Å². The Morgan fingerprint density at radius 2 is 2.25 bits per heavy atom. The second-order valence-corrected chi connectivity index (χ2v) is 4.49. The number of carboxylic acids is 1. The van der Waals surface area contributed by atoms with Crippen LogP contribution in [0.3, 0.4) is 0 Å². The summed E-state index contributed by atoms with van der Waals surface area (Å²) in [6, 6.07) is 4.59. The van der Waals surface area contributed by atoms with Crippen LogP contribution >= 0.6 is 11.6 Å². The van der Waals surface area contributed by atoms with Crippen LogP contribution in [0.1, 0.15) is 29.6 Å². The van der Waals surface area contributed by atoms with Crippen LogP contribution in [0, 0.1) is 5.92 Å². The molecule has 0 saturated heterocycles. The standard InChI is InChI=1S/C12H13ClO3/c13-9-4-5-10(12(14)15)11(6-9)16-7-8-2-1-3-8/h4-6,8H,1-3,7H2,(H,14,15). The highest BCUT2D eigenvalue weighted by molar-refractivity contribution is 6.30. The molecule has 1 aromatic rings. The first kappa shape index (κ1) is 11.3. The van der Waals surface area contributed by atoms with E-state index in [4.69, 9.17) is 21.4 Å². The second-order valence-electron chi connectivity index (χ2n) is 4.05. The van der Waals surface area contributed by atoms with E-state index in [9.17, 15) is 4.79 Å². The summed E-state index contributed by atoms with van der Waals surface area (Å²) in [5.41, 5.74) is 0.170. The number of ether oxygens (including phenoxy) is 1. The highest BCUT2D eigenvalue weighted by atomic mass is 35.5. The van der Waals surface area contributed by atoms with Gasteiger partial charge in [-0.1, -0.05) is 18.0 Å². The fourth-order valence-corrected chi connectivity index (χ4v) is 1.82. The Morgan fingerprint density at radius 3 is 2.81 bits per heavy atom. The number of hydrogen-bond donors (Lipinski definition) is 1. The Labute approximate surface area is 99.0 Å². The quantitative estimate of drug-likeness (QED) is 0.879. The molecule has 2 rings (SSSR count). The smallest absolute Gasteiger partial charge is 0.339 e. The molecule has 0 aromatic heterocycles. The molecule has 1 aliphatic rings. The summed E-state index contributed by atoms with van der Waals surface area (Å²) in [5.74, 6) is -0.0483. The summed E-state index contributed by atoms with van der Waals surface area (Å²) >= 11 is 5.81. The van der Waals surface area contributed by atoms with Gasteiger partial charge in [0.2, 0.25) is 0 Å². The van der Waals surface area contributed by atoms with Gasteiger partial charge in [0.15, 0.2) is 0 Å². The normalized spacial score (nSPS) is 15.6. The van der Waals surface area contributed by atoms with Gasteiger partial charge >= 0.3 is 5.97 Å². The molecular formula is C12H13ClO3.